The van der Waals surface area contributed by atoms with Crippen molar-refractivity contribution in [3.63, 3.8) is 0 Å². The first-order chi connectivity index (χ1) is 15.8. The van der Waals surface area contributed by atoms with Crippen molar-refractivity contribution < 1.29 is 43.0 Å². The predicted molar refractivity (Wildman–Crippen MR) is 117 cm³/mol. The van der Waals surface area contributed by atoms with E-state index in [-0.39, 0.29) is 17.9 Å². The second-order valence-electron chi connectivity index (χ2n) is 7.44. The summed E-state index contributed by atoms with van der Waals surface area (Å²) in [6, 6.07) is 15.2. The van der Waals surface area contributed by atoms with Gasteiger partial charge in [-0.25, -0.2) is 4.57 Å². The van der Waals surface area contributed by atoms with Gasteiger partial charge in [-0.2, -0.15) is 0 Å². The number of para-hydroxylation sites is 2. The van der Waals surface area contributed by atoms with E-state index in [2.05, 4.69) is 5.32 Å². The Morgan fingerprint density at radius 1 is 0.970 bits per heavy atom. The van der Waals surface area contributed by atoms with Gasteiger partial charge in [0.1, 0.15) is 35.9 Å². The van der Waals surface area contributed by atoms with E-state index in [1.807, 2.05) is 0 Å². The van der Waals surface area contributed by atoms with Crippen LogP contribution < -0.4 is 14.4 Å². The van der Waals surface area contributed by atoms with Gasteiger partial charge < -0.3 is 34.4 Å². The van der Waals surface area contributed by atoms with Crippen molar-refractivity contribution >= 4 is 13.7 Å². The molecule has 0 aromatic heterocycles. The number of hydrogen-bond acceptors (Lipinski definition) is 9. The lowest BCUT2D eigenvalue weighted by Crippen LogP contribution is -2.64. The van der Waals surface area contributed by atoms with Crippen LogP contribution in [0.4, 0.5) is 0 Å². The van der Waals surface area contributed by atoms with Crippen LogP contribution >= 0.6 is 7.82 Å². The highest BCUT2D eigenvalue weighted by molar-refractivity contribution is 7.49. The highest BCUT2D eigenvalue weighted by atomic mass is 31.2. The monoisotopic (exact) mass is 481 g/mol. The van der Waals surface area contributed by atoms with Gasteiger partial charge in [0.2, 0.25) is 5.91 Å². The second kappa shape index (κ2) is 11.6. The summed E-state index contributed by atoms with van der Waals surface area (Å²) in [4.78, 5) is 11.8. The maximum atomic E-state index is 13.4. The van der Waals surface area contributed by atoms with Crippen LogP contribution in [-0.4, -0.2) is 58.5 Å². The number of amides is 1. The molecule has 2 aromatic rings. The zero-order valence-corrected chi connectivity index (χ0v) is 18.9. The molecule has 10 nitrogen and oxygen atoms in total. The van der Waals surface area contributed by atoms with Gasteiger partial charge in [0.15, 0.2) is 6.29 Å². The van der Waals surface area contributed by atoms with E-state index in [9.17, 15) is 24.7 Å². The lowest BCUT2D eigenvalue weighted by molar-refractivity contribution is -0.252. The van der Waals surface area contributed by atoms with E-state index < -0.39 is 51.0 Å². The third kappa shape index (κ3) is 7.01. The lowest BCUT2D eigenvalue weighted by atomic mass is 9.97. The van der Waals surface area contributed by atoms with E-state index in [0.717, 1.165) is 0 Å². The molecule has 1 amide bonds. The van der Waals surface area contributed by atoms with Crippen molar-refractivity contribution in [1.29, 1.82) is 0 Å². The van der Waals surface area contributed by atoms with Gasteiger partial charge in [-0.1, -0.05) is 43.3 Å². The standard InChI is InChI=1S/C22H28NO9P/c1-2-9-18(24)23-19-21(26)20(25)17(30-22(19)27)14-29-33(28,31-15-10-5-3-6-11-15)32-16-12-7-4-8-13-16/h3-8,10-13,17,19-22,25-27H,2,9,14H2,1H3,(H,23,24)/t17-,19-,20-,21-,22?/m1/s1. The summed E-state index contributed by atoms with van der Waals surface area (Å²) in [5.74, 6) is 0.0458. The Morgan fingerprint density at radius 2 is 1.52 bits per heavy atom. The molecule has 0 saturated carbocycles. The summed E-state index contributed by atoms with van der Waals surface area (Å²) < 4.78 is 35.1. The maximum Gasteiger partial charge on any atom is 0.587 e. The number of ether oxygens (including phenoxy) is 1. The highest BCUT2D eigenvalue weighted by Crippen LogP contribution is 2.50. The van der Waals surface area contributed by atoms with Gasteiger partial charge in [-0.15, -0.1) is 0 Å². The van der Waals surface area contributed by atoms with Crippen molar-refractivity contribution in [2.75, 3.05) is 6.61 Å². The Kier molecular flexibility index (Phi) is 8.85. The fraction of sp³-hybridized carbons (Fsp3) is 0.409. The molecule has 11 heteroatoms. The summed E-state index contributed by atoms with van der Waals surface area (Å²) in [5, 5.41) is 33.5. The first-order valence-corrected chi connectivity index (χ1v) is 12.0. The van der Waals surface area contributed by atoms with Crippen LogP contribution in [0, 0.1) is 0 Å². The smallest absolute Gasteiger partial charge is 0.395 e. The molecule has 1 fully saturated rings. The molecule has 1 heterocycles. The first kappa shape index (κ1) is 25.2. The van der Waals surface area contributed by atoms with Crippen LogP contribution in [0.2, 0.25) is 0 Å². The van der Waals surface area contributed by atoms with Crippen molar-refractivity contribution in [1.82, 2.24) is 5.32 Å². The topological polar surface area (TPSA) is 144 Å². The van der Waals surface area contributed by atoms with Gasteiger partial charge in [0, 0.05) is 6.42 Å². The number of carbonyl (C=O) groups excluding carboxylic acids is 1. The quantitative estimate of drug-likeness (QED) is 0.375. The number of aliphatic hydroxyl groups is 3. The molecule has 0 spiro atoms. The molecule has 0 bridgehead atoms. The van der Waals surface area contributed by atoms with Crippen molar-refractivity contribution in [2.45, 2.75) is 50.4 Å². The fourth-order valence-corrected chi connectivity index (χ4v) is 4.41. The molecule has 3 rings (SSSR count). The Bertz CT molecular complexity index is 884. The largest absolute Gasteiger partial charge is 0.587 e. The van der Waals surface area contributed by atoms with Gasteiger partial charge in [-0.05, 0) is 30.7 Å². The SMILES string of the molecule is CCCC(=O)N[C@H]1C(O)O[C@H](COP(=O)(Oc2ccccc2)Oc2ccccc2)[C@@H](O)[C@@H]1O. The second-order valence-corrected chi connectivity index (χ2v) is 8.96. The molecule has 0 aliphatic carbocycles. The molecule has 1 aliphatic rings. The van der Waals surface area contributed by atoms with Crippen molar-refractivity contribution in [2.24, 2.45) is 0 Å². The highest BCUT2D eigenvalue weighted by Gasteiger charge is 2.46. The van der Waals surface area contributed by atoms with Gasteiger partial charge in [0.25, 0.3) is 0 Å². The minimum Gasteiger partial charge on any atom is -0.395 e. The van der Waals surface area contributed by atoms with E-state index in [1.54, 1.807) is 67.6 Å². The molecule has 33 heavy (non-hydrogen) atoms. The third-order valence-corrected chi connectivity index (χ3v) is 6.18. The van der Waals surface area contributed by atoms with E-state index in [1.165, 1.54) is 0 Å². The molecular weight excluding hydrogens is 453 g/mol. The number of carbonyl (C=O) groups is 1. The molecule has 1 aliphatic heterocycles. The third-order valence-electron chi connectivity index (χ3n) is 4.84. The summed E-state index contributed by atoms with van der Waals surface area (Å²) in [6.45, 7) is 1.27. The van der Waals surface area contributed by atoms with E-state index in [4.69, 9.17) is 18.3 Å². The molecule has 2 aromatic carbocycles. The van der Waals surface area contributed by atoms with Crippen LogP contribution in [0.5, 0.6) is 11.5 Å². The minimum absolute atomic E-state index is 0.190. The van der Waals surface area contributed by atoms with Gasteiger partial charge in [-0.3, -0.25) is 9.32 Å². The predicted octanol–water partition coefficient (Wildman–Crippen LogP) is 1.99. The number of benzene rings is 2. The van der Waals surface area contributed by atoms with Gasteiger partial charge >= 0.3 is 7.82 Å². The van der Waals surface area contributed by atoms with Crippen LogP contribution in [0.15, 0.2) is 60.7 Å². The van der Waals surface area contributed by atoms with E-state index >= 15 is 0 Å². The Labute approximate surface area is 191 Å². The molecule has 1 saturated heterocycles. The minimum atomic E-state index is -4.27. The molecule has 1 unspecified atom stereocenters. The summed E-state index contributed by atoms with van der Waals surface area (Å²) in [7, 11) is -4.27. The fourth-order valence-electron chi connectivity index (χ4n) is 3.18. The number of hydrogen-bond donors (Lipinski definition) is 4. The van der Waals surface area contributed by atoms with Gasteiger partial charge in [0.05, 0.1) is 6.61 Å². The summed E-state index contributed by atoms with van der Waals surface area (Å²) >= 11 is 0. The zero-order chi connectivity index (χ0) is 23.8. The molecule has 5 atom stereocenters. The maximum absolute atomic E-state index is 13.4. The van der Waals surface area contributed by atoms with Crippen LogP contribution in [0.25, 0.3) is 0 Å². The number of phosphoric acid groups is 1. The molecule has 4 N–H and O–H groups in total. The normalized spacial score (nSPS) is 25.3. The average molecular weight is 481 g/mol. The molecule has 0 radical (unpaired) electrons. The number of rotatable bonds is 10. The Balaban J connectivity index is 1.69. The molecule has 180 valence electrons. The van der Waals surface area contributed by atoms with Crippen LogP contribution in [-0.2, 0) is 18.6 Å². The first-order valence-electron chi connectivity index (χ1n) is 10.5. The van der Waals surface area contributed by atoms with E-state index in [0.29, 0.717) is 6.42 Å². The summed E-state index contributed by atoms with van der Waals surface area (Å²) in [5.41, 5.74) is 0. The average Bonchev–Trinajstić information content (AvgIpc) is 2.80. The van der Waals surface area contributed by atoms with Crippen LogP contribution in [0.1, 0.15) is 19.8 Å². The zero-order valence-electron chi connectivity index (χ0n) is 18.0. The Hall–Kier alpha value is -2.46. The van der Waals surface area contributed by atoms with Crippen molar-refractivity contribution in [3.05, 3.63) is 60.7 Å². The Morgan fingerprint density at radius 3 is 2.03 bits per heavy atom. The number of phosphoric ester groups is 1. The molecular formula is C22H28NO9P. The van der Waals surface area contributed by atoms with Crippen LogP contribution in [0.3, 0.4) is 0 Å². The number of aliphatic hydroxyl groups excluding tert-OH is 3. The van der Waals surface area contributed by atoms with Crippen molar-refractivity contribution in [3.8, 4) is 11.5 Å². The number of nitrogens with one attached hydrogen (secondary N) is 1. The summed E-state index contributed by atoms with van der Waals surface area (Å²) in [6.07, 6.45) is -5.24. The lowest BCUT2D eigenvalue weighted by Gasteiger charge is -2.40.